The Kier molecular flexibility index (Phi) is 4.37. The summed E-state index contributed by atoms with van der Waals surface area (Å²) in [5.41, 5.74) is 2.99. The predicted octanol–water partition coefficient (Wildman–Crippen LogP) is 3.71. The number of benzene rings is 1. The minimum absolute atomic E-state index is 0.464. The Bertz CT molecular complexity index is 388. The van der Waals surface area contributed by atoms with Crippen molar-refractivity contribution in [1.29, 1.82) is 5.26 Å². The van der Waals surface area contributed by atoms with Gasteiger partial charge in [-0.05, 0) is 49.9 Å². The van der Waals surface area contributed by atoms with E-state index < -0.39 is 0 Å². The highest BCUT2D eigenvalue weighted by Crippen LogP contribution is 2.18. The molecule has 1 aromatic carbocycles. The Hall–Kier alpha value is -1.49. The first kappa shape index (κ1) is 12.6. The topological polar surface area (TPSA) is 35.8 Å². The number of rotatable bonds is 4. The van der Waals surface area contributed by atoms with Gasteiger partial charge in [-0.15, -0.1) is 0 Å². The van der Waals surface area contributed by atoms with Gasteiger partial charge in [0, 0.05) is 11.7 Å². The molecule has 0 amide bonds. The summed E-state index contributed by atoms with van der Waals surface area (Å²) in [6.07, 6.45) is 1.15. The van der Waals surface area contributed by atoms with Crippen molar-refractivity contribution in [3.05, 3.63) is 29.3 Å². The van der Waals surface area contributed by atoms with Crippen LogP contribution in [0.2, 0.25) is 0 Å². The van der Waals surface area contributed by atoms with Gasteiger partial charge in [0.25, 0.3) is 0 Å². The van der Waals surface area contributed by atoms with Crippen LogP contribution in [0.3, 0.4) is 0 Å². The van der Waals surface area contributed by atoms with Gasteiger partial charge in [-0.2, -0.15) is 5.26 Å². The molecule has 1 aromatic rings. The molecule has 0 aromatic heterocycles. The van der Waals surface area contributed by atoms with Crippen LogP contribution in [0.25, 0.3) is 0 Å². The maximum Gasteiger partial charge on any atom is 0.0991 e. The largest absolute Gasteiger partial charge is 0.382 e. The first-order chi connectivity index (χ1) is 7.52. The summed E-state index contributed by atoms with van der Waals surface area (Å²) in [5.74, 6) is 0.696. The van der Waals surface area contributed by atoms with E-state index in [9.17, 15) is 0 Å². The maximum atomic E-state index is 8.78. The highest BCUT2D eigenvalue weighted by molar-refractivity contribution is 5.54. The summed E-state index contributed by atoms with van der Waals surface area (Å²) in [6.45, 7) is 8.68. The van der Waals surface area contributed by atoms with Gasteiger partial charge in [-0.1, -0.05) is 13.8 Å². The monoisotopic (exact) mass is 216 g/mol. The number of nitriles is 1. The number of aryl methyl sites for hydroxylation is 1. The molecule has 1 unspecified atom stereocenters. The van der Waals surface area contributed by atoms with Crippen molar-refractivity contribution in [1.82, 2.24) is 0 Å². The van der Waals surface area contributed by atoms with E-state index in [0.717, 1.165) is 23.2 Å². The lowest BCUT2D eigenvalue weighted by Gasteiger charge is -2.18. The van der Waals surface area contributed by atoms with E-state index in [2.05, 4.69) is 32.2 Å². The molecule has 1 N–H and O–H groups in total. The first-order valence-electron chi connectivity index (χ1n) is 5.80. The van der Waals surface area contributed by atoms with Crippen LogP contribution in [-0.2, 0) is 0 Å². The summed E-state index contributed by atoms with van der Waals surface area (Å²) < 4.78 is 0. The molecule has 2 heteroatoms. The van der Waals surface area contributed by atoms with Crippen LogP contribution in [-0.4, -0.2) is 6.04 Å². The second kappa shape index (κ2) is 5.55. The van der Waals surface area contributed by atoms with Crippen LogP contribution >= 0.6 is 0 Å². The third-order valence-corrected chi connectivity index (χ3v) is 2.58. The molecular weight excluding hydrogens is 196 g/mol. The Morgan fingerprint density at radius 1 is 1.31 bits per heavy atom. The number of nitrogens with one attached hydrogen (secondary N) is 1. The molecule has 1 atom stereocenters. The van der Waals surface area contributed by atoms with Crippen molar-refractivity contribution >= 4 is 5.69 Å². The van der Waals surface area contributed by atoms with Crippen molar-refractivity contribution in [2.75, 3.05) is 5.32 Å². The lowest BCUT2D eigenvalue weighted by molar-refractivity contribution is 0.539. The average molecular weight is 216 g/mol. The van der Waals surface area contributed by atoms with Crippen LogP contribution in [0, 0.1) is 24.2 Å². The smallest absolute Gasteiger partial charge is 0.0991 e. The van der Waals surface area contributed by atoms with Gasteiger partial charge in [0.05, 0.1) is 11.6 Å². The zero-order chi connectivity index (χ0) is 12.1. The fourth-order valence-electron chi connectivity index (χ4n) is 1.93. The molecular formula is C14H20N2. The third-order valence-electron chi connectivity index (χ3n) is 2.58. The number of hydrogen-bond donors (Lipinski definition) is 1. The second-order valence-electron chi connectivity index (χ2n) is 4.82. The lowest BCUT2D eigenvalue weighted by atomic mass is 10.0. The Morgan fingerprint density at radius 2 is 2.00 bits per heavy atom. The van der Waals surface area contributed by atoms with Crippen molar-refractivity contribution < 1.29 is 0 Å². The number of hydrogen-bond acceptors (Lipinski definition) is 2. The van der Waals surface area contributed by atoms with E-state index in [0.29, 0.717) is 12.0 Å². The molecule has 16 heavy (non-hydrogen) atoms. The molecule has 0 heterocycles. The molecule has 0 aliphatic carbocycles. The van der Waals surface area contributed by atoms with Crippen molar-refractivity contribution in [3.63, 3.8) is 0 Å². The molecule has 86 valence electrons. The normalized spacial score (nSPS) is 12.2. The Morgan fingerprint density at radius 3 is 2.50 bits per heavy atom. The van der Waals surface area contributed by atoms with Gasteiger partial charge < -0.3 is 5.32 Å². The SMILES string of the molecule is Cc1cc(C#N)ccc1NC(C)CC(C)C. The van der Waals surface area contributed by atoms with Crippen LogP contribution in [0.1, 0.15) is 38.3 Å². The lowest BCUT2D eigenvalue weighted by Crippen LogP contribution is -2.18. The molecule has 1 rings (SSSR count). The predicted molar refractivity (Wildman–Crippen MR) is 68.4 cm³/mol. The van der Waals surface area contributed by atoms with Gasteiger partial charge >= 0.3 is 0 Å². The highest BCUT2D eigenvalue weighted by Gasteiger charge is 2.06. The van der Waals surface area contributed by atoms with Gasteiger partial charge in [-0.3, -0.25) is 0 Å². The molecule has 0 bridgehead atoms. The molecule has 0 aliphatic rings. The van der Waals surface area contributed by atoms with E-state index in [1.54, 1.807) is 0 Å². The third kappa shape index (κ3) is 3.58. The molecule has 0 fully saturated rings. The summed E-state index contributed by atoms with van der Waals surface area (Å²) in [6, 6.07) is 8.39. The Labute approximate surface area is 98.3 Å². The Balaban J connectivity index is 2.71. The van der Waals surface area contributed by atoms with E-state index in [4.69, 9.17) is 5.26 Å². The average Bonchev–Trinajstić information content (AvgIpc) is 2.19. The van der Waals surface area contributed by atoms with Crippen molar-refractivity contribution in [2.45, 2.75) is 40.2 Å². The van der Waals surface area contributed by atoms with Gasteiger partial charge in [0.1, 0.15) is 0 Å². The standard InChI is InChI=1S/C14H20N2/c1-10(2)7-12(4)16-14-6-5-13(9-15)8-11(14)3/h5-6,8,10,12,16H,7H2,1-4H3. The van der Waals surface area contributed by atoms with Gasteiger partial charge in [0.15, 0.2) is 0 Å². The minimum atomic E-state index is 0.464. The van der Waals surface area contributed by atoms with Gasteiger partial charge in [-0.25, -0.2) is 0 Å². The molecule has 0 aliphatic heterocycles. The maximum absolute atomic E-state index is 8.78. The summed E-state index contributed by atoms with van der Waals surface area (Å²) in [5, 5.41) is 12.3. The molecule has 0 saturated heterocycles. The molecule has 0 saturated carbocycles. The molecule has 0 radical (unpaired) electrons. The summed E-state index contributed by atoms with van der Waals surface area (Å²) >= 11 is 0. The quantitative estimate of drug-likeness (QED) is 0.832. The highest BCUT2D eigenvalue weighted by atomic mass is 14.9. The van der Waals surface area contributed by atoms with Crippen LogP contribution in [0.15, 0.2) is 18.2 Å². The fraction of sp³-hybridized carbons (Fsp3) is 0.500. The van der Waals surface area contributed by atoms with E-state index in [1.807, 2.05) is 25.1 Å². The number of nitrogens with zero attached hydrogens (tertiary/aromatic N) is 1. The van der Waals surface area contributed by atoms with Crippen molar-refractivity contribution in [3.8, 4) is 6.07 Å². The van der Waals surface area contributed by atoms with E-state index >= 15 is 0 Å². The van der Waals surface area contributed by atoms with E-state index in [1.165, 1.54) is 0 Å². The van der Waals surface area contributed by atoms with E-state index in [-0.39, 0.29) is 0 Å². The van der Waals surface area contributed by atoms with Crippen molar-refractivity contribution in [2.24, 2.45) is 5.92 Å². The molecule has 2 nitrogen and oxygen atoms in total. The fourth-order valence-corrected chi connectivity index (χ4v) is 1.93. The zero-order valence-electron chi connectivity index (χ0n) is 10.5. The van der Waals surface area contributed by atoms with Crippen LogP contribution in [0.5, 0.6) is 0 Å². The minimum Gasteiger partial charge on any atom is -0.382 e. The molecule has 0 spiro atoms. The second-order valence-corrected chi connectivity index (χ2v) is 4.82. The van der Waals surface area contributed by atoms with Gasteiger partial charge in [0.2, 0.25) is 0 Å². The van der Waals surface area contributed by atoms with Crippen LogP contribution in [0.4, 0.5) is 5.69 Å². The summed E-state index contributed by atoms with van der Waals surface area (Å²) in [7, 11) is 0. The first-order valence-corrected chi connectivity index (χ1v) is 5.80. The zero-order valence-corrected chi connectivity index (χ0v) is 10.5. The number of anilines is 1. The summed E-state index contributed by atoms with van der Waals surface area (Å²) in [4.78, 5) is 0. The van der Waals surface area contributed by atoms with Crippen LogP contribution < -0.4 is 5.32 Å².